The Morgan fingerprint density at radius 3 is 2.42 bits per heavy atom. The Morgan fingerprint density at radius 1 is 0.896 bits per heavy atom. The summed E-state index contributed by atoms with van der Waals surface area (Å²) >= 11 is 0. The highest BCUT2D eigenvalue weighted by atomic mass is 16.2. The molecule has 3 N–H and O–H groups in total. The summed E-state index contributed by atoms with van der Waals surface area (Å²) in [6.45, 7) is 3.90. The van der Waals surface area contributed by atoms with Gasteiger partial charge in [0.1, 0.15) is 5.69 Å². The van der Waals surface area contributed by atoms with E-state index in [0.29, 0.717) is 50.3 Å². The average molecular weight is 640 g/mol. The number of nitrogens with one attached hydrogen (secondary N) is 1. The van der Waals surface area contributed by atoms with Gasteiger partial charge in [-0.1, -0.05) is 84.9 Å². The molecule has 244 valence electrons. The molecule has 1 saturated heterocycles. The van der Waals surface area contributed by atoms with Gasteiger partial charge in [0.2, 0.25) is 5.91 Å². The highest BCUT2D eigenvalue weighted by Gasteiger charge is 2.34. The number of piperidine rings is 1. The number of carbonyl (C=O) groups excluding carboxylic acids is 3. The Labute approximate surface area is 281 Å². The van der Waals surface area contributed by atoms with Crippen molar-refractivity contribution in [2.75, 3.05) is 26.2 Å². The minimum Gasteiger partial charge on any atom is -0.351 e. The second kappa shape index (κ2) is 15.0. The van der Waals surface area contributed by atoms with Crippen molar-refractivity contribution in [3.63, 3.8) is 0 Å². The van der Waals surface area contributed by atoms with Crippen molar-refractivity contribution in [1.82, 2.24) is 20.1 Å². The van der Waals surface area contributed by atoms with Crippen LogP contribution in [0.5, 0.6) is 0 Å². The summed E-state index contributed by atoms with van der Waals surface area (Å²) in [5.41, 5.74) is 10.3. The summed E-state index contributed by atoms with van der Waals surface area (Å²) < 4.78 is 0. The minimum atomic E-state index is -0.256. The van der Waals surface area contributed by atoms with Gasteiger partial charge in [0.05, 0.1) is 12.5 Å². The largest absolute Gasteiger partial charge is 0.351 e. The van der Waals surface area contributed by atoms with Crippen LogP contribution in [0.25, 0.3) is 21.9 Å². The number of benzene rings is 4. The molecule has 0 saturated carbocycles. The number of hydrogen-bond donors (Lipinski definition) is 2. The predicted octanol–water partition coefficient (Wildman–Crippen LogP) is 6.03. The van der Waals surface area contributed by atoms with E-state index in [9.17, 15) is 14.4 Å². The van der Waals surface area contributed by atoms with Crippen molar-refractivity contribution in [3.8, 4) is 11.1 Å². The second-order valence-corrected chi connectivity index (χ2v) is 12.2. The number of pyridine rings is 1. The van der Waals surface area contributed by atoms with Crippen molar-refractivity contribution in [1.29, 1.82) is 0 Å². The molecule has 0 radical (unpaired) electrons. The maximum atomic E-state index is 14.5. The standard InChI is InChI=1S/C40H41N5O3/c1-28(30-12-9-13-31(26-30)35-16-4-5-17-36(35)39(47)43-23-21-41)45(38(46)27-32-14-8-11-29-10-2-3-15-34(29)32)33-19-24-44(25-20-33)40(48)37-18-6-7-22-42-37/h2-18,22,26,28,33H,19-21,23-25,27,41H2,1H3,(H,43,47). The normalized spacial score (nSPS) is 14.0. The Kier molecular flexibility index (Phi) is 10.2. The van der Waals surface area contributed by atoms with Crippen LogP contribution in [-0.4, -0.2) is 64.7 Å². The zero-order chi connectivity index (χ0) is 33.5. The first-order valence-electron chi connectivity index (χ1n) is 16.6. The van der Waals surface area contributed by atoms with Gasteiger partial charge in [-0.25, -0.2) is 0 Å². The predicted molar refractivity (Wildman–Crippen MR) is 189 cm³/mol. The number of amides is 3. The molecule has 6 rings (SSSR count). The highest BCUT2D eigenvalue weighted by molar-refractivity contribution is 6.01. The van der Waals surface area contributed by atoms with Crippen LogP contribution in [-0.2, 0) is 11.2 Å². The van der Waals surface area contributed by atoms with Crippen molar-refractivity contribution in [2.24, 2.45) is 5.73 Å². The Balaban J connectivity index is 1.30. The number of likely N-dealkylation sites (tertiary alicyclic amines) is 1. The Bertz CT molecular complexity index is 1900. The number of rotatable bonds is 10. The van der Waals surface area contributed by atoms with E-state index in [1.54, 1.807) is 18.3 Å². The van der Waals surface area contributed by atoms with E-state index in [1.807, 2.05) is 82.6 Å². The quantitative estimate of drug-likeness (QED) is 0.194. The van der Waals surface area contributed by atoms with E-state index < -0.39 is 0 Å². The lowest BCUT2D eigenvalue weighted by Gasteiger charge is -2.42. The lowest BCUT2D eigenvalue weighted by molar-refractivity contribution is -0.136. The molecular weight excluding hydrogens is 598 g/mol. The van der Waals surface area contributed by atoms with E-state index in [2.05, 4.69) is 41.5 Å². The van der Waals surface area contributed by atoms with E-state index in [4.69, 9.17) is 5.73 Å². The van der Waals surface area contributed by atoms with Crippen LogP contribution in [0.15, 0.2) is 115 Å². The van der Waals surface area contributed by atoms with Crippen molar-refractivity contribution >= 4 is 28.5 Å². The zero-order valence-electron chi connectivity index (χ0n) is 27.2. The van der Waals surface area contributed by atoms with E-state index >= 15 is 0 Å². The Morgan fingerprint density at radius 2 is 1.62 bits per heavy atom. The van der Waals surface area contributed by atoms with Crippen LogP contribution in [0.3, 0.4) is 0 Å². The molecule has 48 heavy (non-hydrogen) atoms. The molecule has 2 heterocycles. The SMILES string of the molecule is CC(c1cccc(-c2ccccc2C(=O)NCCN)c1)N(C(=O)Cc1cccc2ccccc12)C1CCN(C(=O)c2ccccn2)CC1. The molecule has 4 aromatic carbocycles. The van der Waals surface area contributed by atoms with Crippen molar-refractivity contribution in [2.45, 2.75) is 38.3 Å². The number of aromatic nitrogens is 1. The fourth-order valence-corrected chi connectivity index (χ4v) is 6.78. The molecule has 8 nitrogen and oxygen atoms in total. The molecule has 1 unspecified atom stereocenters. The third-order valence-electron chi connectivity index (χ3n) is 9.24. The molecule has 1 fully saturated rings. The van der Waals surface area contributed by atoms with Gasteiger partial charge in [-0.2, -0.15) is 0 Å². The number of carbonyl (C=O) groups is 3. The zero-order valence-corrected chi connectivity index (χ0v) is 27.2. The van der Waals surface area contributed by atoms with Crippen LogP contribution < -0.4 is 11.1 Å². The monoisotopic (exact) mass is 639 g/mol. The van der Waals surface area contributed by atoms with Gasteiger partial charge in [0.15, 0.2) is 0 Å². The number of nitrogens with zero attached hydrogens (tertiary/aromatic N) is 3. The van der Waals surface area contributed by atoms with E-state index in [1.165, 1.54) is 0 Å². The first kappa shape index (κ1) is 32.6. The van der Waals surface area contributed by atoms with Crippen LogP contribution in [0.4, 0.5) is 0 Å². The van der Waals surface area contributed by atoms with E-state index in [-0.39, 0.29) is 36.2 Å². The van der Waals surface area contributed by atoms with Gasteiger partial charge in [-0.3, -0.25) is 19.4 Å². The molecule has 3 amide bonds. The first-order valence-corrected chi connectivity index (χ1v) is 16.6. The van der Waals surface area contributed by atoms with Crippen LogP contribution in [0.1, 0.15) is 57.8 Å². The summed E-state index contributed by atoms with van der Waals surface area (Å²) in [7, 11) is 0. The lowest BCUT2D eigenvalue weighted by Crippen LogP contribution is -2.50. The van der Waals surface area contributed by atoms with Crippen LogP contribution >= 0.6 is 0 Å². The lowest BCUT2D eigenvalue weighted by atomic mass is 9.93. The first-order chi connectivity index (χ1) is 23.4. The molecule has 8 heteroatoms. The molecular formula is C40H41N5O3. The van der Waals surface area contributed by atoms with Crippen molar-refractivity contribution in [3.05, 3.63) is 138 Å². The molecule has 1 aliphatic heterocycles. The summed E-state index contributed by atoms with van der Waals surface area (Å²) in [6.07, 6.45) is 3.22. The molecule has 0 aliphatic carbocycles. The molecule has 0 spiro atoms. The van der Waals surface area contributed by atoms with Gasteiger partial charge in [0, 0.05) is 44.0 Å². The van der Waals surface area contributed by atoms with Gasteiger partial charge >= 0.3 is 0 Å². The third kappa shape index (κ3) is 7.14. The highest BCUT2D eigenvalue weighted by Crippen LogP contribution is 2.33. The average Bonchev–Trinajstić information content (AvgIpc) is 3.14. The smallest absolute Gasteiger partial charge is 0.272 e. The summed E-state index contributed by atoms with van der Waals surface area (Å²) in [4.78, 5) is 48.8. The van der Waals surface area contributed by atoms with Crippen LogP contribution in [0.2, 0.25) is 0 Å². The fraction of sp³-hybridized carbons (Fsp3) is 0.250. The molecule has 1 atom stereocenters. The fourth-order valence-electron chi connectivity index (χ4n) is 6.78. The topological polar surface area (TPSA) is 109 Å². The second-order valence-electron chi connectivity index (χ2n) is 12.2. The summed E-state index contributed by atoms with van der Waals surface area (Å²) in [5.74, 6) is -0.216. The van der Waals surface area contributed by atoms with Gasteiger partial charge in [0.25, 0.3) is 11.8 Å². The molecule has 5 aromatic rings. The molecule has 0 bridgehead atoms. The third-order valence-corrected chi connectivity index (χ3v) is 9.24. The maximum Gasteiger partial charge on any atom is 0.272 e. The Hall–Kier alpha value is -5.34. The summed E-state index contributed by atoms with van der Waals surface area (Å²) in [6, 6.07) is 34.9. The molecule has 1 aromatic heterocycles. The van der Waals surface area contributed by atoms with Gasteiger partial charge in [-0.05, 0) is 77.1 Å². The number of hydrogen-bond acceptors (Lipinski definition) is 5. The van der Waals surface area contributed by atoms with Crippen LogP contribution in [0, 0.1) is 0 Å². The van der Waals surface area contributed by atoms with Gasteiger partial charge < -0.3 is 20.9 Å². The number of fused-ring (bicyclic) bond motifs is 1. The van der Waals surface area contributed by atoms with Gasteiger partial charge in [-0.15, -0.1) is 0 Å². The van der Waals surface area contributed by atoms with Crippen molar-refractivity contribution < 1.29 is 14.4 Å². The molecule has 1 aliphatic rings. The summed E-state index contributed by atoms with van der Waals surface area (Å²) in [5, 5.41) is 5.06. The minimum absolute atomic E-state index is 0.0420. The number of nitrogens with two attached hydrogens (primary N) is 1. The van der Waals surface area contributed by atoms with E-state index in [0.717, 1.165) is 33.0 Å². The maximum absolute atomic E-state index is 14.5.